The first-order valence-corrected chi connectivity index (χ1v) is 5.80. The molecule has 0 aromatic carbocycles. The second kappa shape index (κ2) is 6.43. The lowest BCUT2D eigenvalue weighted by Crippen LogP contribution is -2.11. The molecule has 1 aromatic rings. The summed E-state index contributed by atoms with van der Waals surface area (Å²) in [6, 6.07) is 1.97. The number of aryl methyl sites for hydroxylation is 2. The molecule has 0 unspecified atom stereocenters. The third-order valence-electron chi connectivity index (χ3n) is 2.39. The van der Waals surface area contributed by atoms with Crippen molar-refractivity contribution in [1.82, 2.24) is 9.78 Å². The maximum Gasteiger partial charge on any atom is 0.141 e. The summed E-state index contributed by atoms with van der Waals surface area (Å²) in [6.07, 6.45) is 0.948. The molecule has 16 heavy (non-hydrogen) atoms. The van der Waals surface area contributed by atoms with Crippen molar-refractivity contribution in [3.8, 4) is 0 Å². The predicted octanol–water partition coefficient (Wildman–Crippen LogP) is 1.75. The van der Waals surface area contributed by atoms with Crippen LogP contribution in [0.3, 0.4) is 0 Å². The normalized spacial score (nSPS) is 10.7. The van der Waals surface area contributed by atoms with Crippen molar-refractivity contribution in [2.45, 2.75) is 40.2 Å². The van der Waals surface area contributed by atoms with Crippen molar-refractivity contribution in [3.05, 3.63) is 17.5 Å². The van der Waals surface area contributed by atoms with E-state index in [1.807, 2.05) is 31.5 Å². The van der Waals surface area contributed by atoms with Gasteiger partial charge in [0, 0.05) is 31.7 Å². The summed E-state index contributed by atoms with van der Waals surface area (Å²) in [7, 11) is 0. The van der Waals surface area contributed by atoms with E-state index in [1.54, 1.807) is 0 Å². The molecule has 4 nitrogen and oxygen atoms in total. The Morgan fingerprint density at radius 1 is 1.50 bits per heavy atom. The topological polar surface area (TPSA) is 44.1 Å². The van der Waals surface area contributed by atoms with Crippen LogP contribution in [0.15, 0.2) is 6.07 Å². The SMILES string of the molecule is CCOCCC(=O)Cc1cc(C)nn1CC. The number of ether oxygens (including phenoxy) is 1. The van der Waals surface area contributed by atoms with Crippen LogP contribution in [0.1, 0.15) is 31.7 Å². The average Bonchev–Trinajstić information content (AvgIpc) is 2.59. The Bertz CT molecular complexity index is 345. The lowest BCUT2D eigenvalue weighted by atomic mass is 10.1. The van der Waals surface area contributed by atoms with Crippen LogP contribution in [0, 0.1) is 6.92 Å². The van der Waals surface area contributed by atoms with Crippen molar-refractivity contribution in [2.75, 3.05) is 13.2 Å². The van der Waals surface area contributed by atoms with Crippen LogP contribution < -0.4 is 0 Å². The highest BCUT2D eigenvalue weighted by molar-refractivity contribution is 5.80. The minimum absolute atomic E-state index is 0.211. The van der Waals surface area contributed by atoms with Crippen LogP contribution in [0.2, 0.25) is 0 Å². The first kappa shape index (κ1) is 12.9. The van der Waals surface area contributed by atoms with Crippen molar-refractivity contribution in [1.29, 1.82) is 0 Å². The van der Waals surface area contributed by atoms with Gasteiger partial charge in [-0.05, 0) is 26.8 Å². The molecular formula is C12H20N2O2. The third kappa shape index (κ3) is 3.77. The lowest BCUT2D eigenvalue weighted by Gasteiger charge is -2.04. The molecule has 0 aliphatic heterocycles. The zero-order chi connectivity index (χ0) is 12.0. The summed E-state index contributed by atoms with van der Waals surface area (Å²) in [5.74, 6) is 0.211. The molecule has 4 heteroatoms. The highest BCUT2D eigenvalue weighted by Crippen LogP contribution is 2.06. The molecule has 0 bridgehead atoms. The van der Waals surface area contributed by atoms with E-state index in [4.69, 9.17) is 4.74 Å². The van der Waals surface area contributed by atoms with E-state index in [9.17, 15) is 4.79 Å². The number of carbonyl (C=O) groups excluding carboxylic acids is 1. The Kier molecular flexibility index (Phi) is 5.19. The van der Waals surface area contributed by atoms with Gasteiger partial charge in [0.05, 0.1) is 12.3 Å². The highest BCUT2D eigenvalue weighted by Gasteiger charge is 2.09. The molecule has 1 aromatic heterocycles. The van der Waals surface area contributed by atoms with Crippen LogP contribution in [0.4, 0.5) is 0 Å². The molecule has 0 fully saturated rings. The minimum Gasteiger partial charge on any atom is -0.381 e. The summed E-state index contributed by atoms with van der Waals surface area (Å²) in [4.78, 5) is 11.6. The summed E-state index contributed by atoms with van der Waals surface area (Å²) < 4.78 is 7.04. The second-order valence-corrected chi connectivity index (χ2v) is 3.76. The number of rotatable bonds is 7. The van der Waals surface area contributed by atoms with Gasteiger partial charge in [0.2, 0.25) is 0 Å². The van der Waals surface area contributed by atoms with Gasteiger partial charge in [-0.25, -0.2) is 0 Å². The molecule has 0 radical (unpaired) electrons. The fourth-order valence-electron chi connectivity index (χ4n) is 1.64. The third-order valence-corrected chi connectivity index (χ3v) is 2.39. The van der Waals surface area contributed by atoms with Gasteiger partial charge < -0.3 is 4.74 Å². The molecule has 90 valence electrons. The largest absolute Gasteiger partial charge is 0.381 e. The van der Waals surface area contributed by atoms with E-state index in [1.165, 1.54) is 0 Å². The van der Waals surface area contributed by atoms with Gasteiger partial charge in [0.1, 0.15) is 5.78 Å². The van der Waals surface area contributed by atoms with Gasteiger partial charge in [-0.1, -0.05) is 0 Å². The van der Waals surface area contributed by atoms with E-state index in [0.717, 1.165) is 17.9 Å². The predicted molar refractivity (Wildman–Crippen MR) is 62.5 cm³/mol. The maximum absolute atomic E-state index is 11.6. The number of ketones is 1. The number of nitrogens with zero attached hydrogens (tertiary/aromatic N) is 2. The lowest BCUT2D eigenvalue weighted by molar-refractivity contribution is -0.119. The van der Waals surface area contributed by atoms with Gasteiger partial charge >= 0.3 is 0 Å². The number of hydrogen-bond donors (Lipinski definition) is 0. The van der Waals surface area contributed by atoms with Crippen LogP contribution in [0.5, 0.6) is 0 Å². The molecule has 0 N–H and O–H groups in total. The molecule has 0 saturated heterocycles. The smallest absolute Gasteiger partial charge is 0.141 e. The Labute approximate surface area is 96.6 Å². The monoisotopic (exact) mass is 224 g/mol. The average molecular weight is 224 g/mol. The number of carbonyl (C=O) groups is 1. The maximum atomic E-state index is 11.6. The Morgan fingerprint density at radius 3 is 2.88 bits per heavy atom. The highest BCUT2D eigenvalue weighted by atomic mass is 16.5. The first-order chi connectivity index (χ1) is 7.67. The van der Waals surface area contributed by atoms with Gasteiger partial charge in [-0.3, -0.25) is 9.48 Å². The fraction of sp³-hybridized carbons (Fsp3) is 0.667. The Hall–Kier alpha value is -1.16. The fourth-order valence-corrected chi connectivity index (χ4v) is 1.64. The van der Waals surface area contributed by atoms with Crippen molar-refractivity contribution >= 4 is 5.78 Å². The summed E-state index contributed by atoms with van der Waals surface area (Å²) in [5, 5.41) is 4.31. The van der Waals surface area contributed by atoms with E-state index in [0.29, 0.717) is 26.1 Å². The van der Waals surface area contributed by atoms with Crippen LogP contribution in [-0.4, -0.2) is 28.8 Å². The zero-order valence-electron chi connectivity index (χ0n) is 10.3. The van der Waals surface area contributed by atoms with Crippen LogP contribution in [0.25, 0.3) is 0 Å². The molecule has 1 rings (SSSR count). The summed E-state index contributed by atoms with van der Waals surface area (Å²) in [6.45, 7) is 7.90. The Morgan fingerprint density at radius 2 is 2.25 bits per heavy atom. The summed E-state index contributed by atoms with van der Waals surface area (Å²) >= 11 is 0. The van der Waals surface area contributed by atoms with Crippen molar-refractivity contribution in [2.24, 2.45) is 0 Å². The quantitative estimate of drug-likeness (QED) is 0.663. The Balaban J connectivity index is 2.48. The zero-order valence-corrected chi connectivity index (χ0v) is 10.3. The minimum atomic E-state index is 0.211. The summed E-state index contributed by atoms with van der Waals surface area (Å²) in [5.41, 5.74) is 1.97. The van der Waals surface area contributed by atoms with Gasteiger partial charge in [-0.15, -0.1) is 0 Å². The van der Waals surface area contributed by atoms with E-state index in [2.05, 4.69) is 5.10 Å². The van der Waals surface area contributed by atoms with Gasteiger partial charge in [-0.2, -0.15) is 5.10 Å². The van der Waals surface area contributed by atoms with E-state index < -0.39 is 0 Å². The van der Waals surface area contributed by atoms with Gasteiger partial charge in [0.25, 0.3) is 0 Å². The van der Waals surface area contributed by atoms with Crippen LogP contribution in [-0.2, 0) is 22.5 Å². The van der Waals surface area contributed by atoms with Crippen molar-refractivity contribution in [3.63, 3.8) is 0 Å². The van der Waals surface area contributed by atoms with E-state index in [-0.39, 0.29) is 5.78 Å². The molecule has 0 amide bonds. The number of Topliss-reactive ketones (excluding diaryl/α,β-unsaturated/α-hetero) is 1. The molecule has 0 atom stereocenters. The number of aromatic nitrogens is 2. The number of hydrogen-bond acceptors (Lipinski definition) is 3. The standard InChI is InChI=1S/C12H20N2O2/c1-4-14-11(8-10(3)13-14)9-12(15)6-7-16-5-2/h8H,4-7,9H2,1-3H3. The van der Waals surface area contributed by atoms with Crippen molar-refractivity contribution < 1.29 is 9.53 Å². The second-order valence-electron chi connectivity index (χ2n) is 3.76. The molecule has 0 saturated carbocycles. The molecular weight excluding hydrogens is 204 g/mol. The molecule has 0 aliphatic carbocycles. The van der Waals surface area contributed by atoms with Crippen LogP contribution >= 0.6 is 0 Å². The first-order valence-electron chi connectivity index (χ1n) is 5.80. The van der Waals surface area contributed by atoms with E-state index >= 15 is 0 Å². The van der Waals surface area contributed by atoms with Gasteiger partial charge in [0.15, 0.2) is 0 Å². The molecule has 0 spiro atoms. The molecule has 0 aliphatic rings. The molecule has 1 heterocycles.